The second-order valence-electron chi connectivity index (χ2n) is 8.23. The smallest absolute Gasteiger partial charge is 0.228 e. The highest BCUT2D eigenvalue weighted by atomic mass is 19.1. The van der Waals surface area contributed by atoms with Gasteiger partial charge in [-0.2, -0.15) is 0 Å². The van der Waals surface area contributed by atoms with Crippen molar-refractivity contribution >= 4 is 11.8 Å². The molecule has 0 N–H and O–H groups in total. The number of nitrogens with zero attached hydrogens (tertiary/aromatic N) is 3. The van der Waals surface area contributed by atoms with Gasteiger partial charge in [-0.1, -0.05) is 42.5 Å². The second-order valence-corrected chi connectivity index (χ2v) is 8.23. The molecule has 0 unspecified atom stereocenters. The van der Waals surface area contributed by atoms with Crippen molar-refractivity contribution in [1.29, 1.82) is 0 Å². The van der Waals surface area contributed by atoms with Crippen LogP contribution in [0.2, 0.25) is 0 Å². The van der Waals surface area contributed by atoms with Crippen molar-refractivity contribution in [1.82, 2.24) is 14.7 Å². The van der Waals surface area contributed by atoms with Gasteiger partial charge < -0.3 is 9.80 Å². The Morgan fingerprint density at radius 3 is 2.33 bits per heavy atom. The standard InChI is InChI=1S/C24H28FN3O2/c1-26-22(29)12-11-21(23(26)19-7-9-20(25)10-8-19)24(30)28-15-13-27(14-16-28)17-18-5-3-2-4-6-18/h2-10,21,23H,11-17H2,1H3/t21-,23-/m1/s1. The number of benzene rings is 2. The lowest BCUT2D eigenvalue weighted by Gasteiger charge is -2.42. The predicted octanol–water partition coefficient (Wildman–Crippen LogP) is 3.08. The summed E-state index contributed by atoms with van der Waals surface area (Å²) in [7, 11) is 1.74. The average Bonchev–Trinajstić information content (AvgIpc) is 2.77. The van der Waals surface area contributed by atoms with E-state index in [1.54, 1.807) is 24.1 Å². The van der Waals surface area contributed by atoms with Crippen molar-refractivity contribution in [3.8, 4) is 0 Å². The van der Waals surface area contributed by atoms with Gasteiger partial charge in [0.1, 0.15) is 5.82 Å². The van der Waals surface area contributed by atoms with Gasteiger partial charge in [0.25, 0.3) is 0 Å². The SMILES string of the molecule is CN1C(=O)CC[C@@H](C(=O)N2CCN(Cc3ccccc3)CC2)[C@H]1c1ccc(F)cc1. The van der Waals surface area contributed by atoms with Gasteiger partial charge in [0.15, 0.2) is 0 Å². The Bertz CT molecular complexity index is 879. The second kappa shape index (κ2) is 8.96. The highest BCUT2D eigenvalue weighted by molar-refractivity contribution is 5.85. The summed E-state index contributed by atoms with van der Waals surface area (Å²) in [6.07, 6.45) is 0.910. The molecule has 4 rings (SSSR count). The molecule has 30 heavy (non-hydrogen) atoms. The summed E-state index contributed by atoms with van der Waals surface area (Å²) in [6, 6.07) is 16.2. The number of hydrogen-bond donors (Lipinski definition) is 0. The zero-order valence-electron chi connectivity index (χ0n) is 17.3. The molecular formula is C24H28FN3O2. The lowest BCUT2D eigenvalue weighted by molar-refractivity contribution is -0.147. The number of amides is 2. The quantitative estimate of drug-likeness (QED) is 0.780. The first-order valence-corrected chi connectivity index (χ1v) is 10.6. The van der Waals surface area contributed by atoms with Gasteiger partial charge in [-0.15, -0.1) is 0 Å². The Labute approximate surface area is 177 Å². The molecule has 158 valence electrons. The van der Waals surface area contributed by atoms with Crippen LogP contribution in [0.5, 0.6) is 0 Å². The molecule has 0 aliphatic carbocycles. The van der Waals surface area contributed by atoms with Gasteiger partial charge in [-0.3, -0.25) is 14.5 Å². The Morgan fingerprint density at radius 2 is 1.67 bits per heavy atom. The van der Waals surface area contributed by atoms with Crippen LogP contribution in [-0.4, -0.2) is 59.7 Å². The molecule has 2 aliphatic rings. The lowest BCUT2D eigenvalue weighted by atomic mass is 9.83. The number of piperidine rings is 1. The summed E-state index contributed by atoms with van der Waals surface area (Å²) in [5, 5.41) is 0. The van der Waals surface area contributed by atoms with Crippen molar-refractivity contribution in [2.45, 2.75) is 25.4 Å². The number of hydrogen-bond acceptors (Lipinski definition) is 3. The summed E-state index contributed by atoms with van der Waals surface area (Å²) in [6.45, 7) is 3.94. The number of carbonyl (C=O) groups excluding carboxylic acids is 2. The van der Waals surface area contributed by atoms with Crippen LogP contribution in [0.3, 0.4) is 0 Å². The fourth-order valence-electron chi connectivity index (χ4n) is 4.62. The summed E-state index contributed by atoms with van der Waals surface area (Å²) in [4.78, 5) is 31.7. The fraction of sp³-hybridized carbons (Fsp3) is 0.417. The summed E-state index contributed by atoms with van der Waals surface area (Å²) >= 11 is 0. The normalized spacial score (nSPS) is 22.9. The maximum Gasteiger partial charge on any atom is 0.228 e. The topological polar surface area (TPSA) is 43.9 Å². The predicted molar refractivity (Wildman–Crippen MR) is 113 cm³/mol. The molecule has 0 aromatic heterocycles. The van der Waals surface area contributed by atoms with Crippen molar-refractivity contribution in [2.24, 2.45) is 5.92 Å². The van der Waals surface area contributed by atoms with E-state index in [-0.39, 0.29) is 29.6 Å². The van der Waals surface area contributed by atoms with Crippen LogP contribution in [0.1, 0.15) is 30.0 Å². The minimum absolute atomic E-state index is 0.0288. The molecule has 2 fully saturated rings. The maximum atomic E-state index is 13.4. The van der Waals surface area contributed by atoms with E-state index >= 15 is 0 Å². The van der Waals surface area contributed by atoms with E-state index in [1.165, 1.54) is 17.7 Å². The van der Waals surface area contributed by atoms with Crippen LogP contribution in [0, 0.1) is 11.7 Å². The van der Waals surface area contributed by atoms with Crippen LogP contribution >= 0.6 is 0 Å². The number of likely N-dealkylation sites (tertiary alicyclic amines) is 1. The number of piperazine rings is 1. The van der Waals surface area contributed by atoms with Crippen LogP contribution in [0.4, 0.5) is 4.39 Å². The molecule has 6 heteroatoms. The van der Waals surface area contributed by atoms with E-state index in [2.05, 4.69) is 17.0 Å². The first-order chi connectivity index (χ1) is 14.5. The molecule has 2 saturated heterocycles. The highest BCUT2D eigenvalue weighted by Gasteiger charge is 2.41. The average molecular weight is 410 g/mol. The van der Waals surface area contributed by atoms with Crippen LogP contribution in [-0.2, 0) is 16.1 Å². The molecule has 2 amide bonds. The molecule has 2 aromatic carbocycles. The van der Waals surface area contributed by atoms with E-state index in [9.17, 15) is 14.0 Å². The molecule has 2 aliphatic heterocycles. The molecule has 2 aromatic rings. The van der Waals surface area contributed by atoms with E-state index < -0.39 is 0 Å². The van der Waals surface area contributed by atoms with E-state index in [1.807, 2.05) is 23.1 Å². The maximum absolute atomic E-state index is 13.4. The molecule has 2 heterocycles. The highest BCUT2D eigenvalue weighted by Crippen LogP contribution is 2.37. The molecule has 5 nitrogen and oxygen atoms in total. The molecule has 2 atom stereocenters. The zero-order chi connectivity index (χ0) is 21.1. The van der Waals surface area contributed by atoms with E-state index in [0.717, 1.165) is 25.2 Å². The third kappa shape index (κ3) is 4.38. The van der Waals surface area contributed by atoms with Gasteiger partial charge in [-0.25, -0.2) is 4.39 Å². The molecule has 0 spiro atoms. The number of carbonyl (C=O) groups is 2. The zero-order valence-corrected chi connectivity index (χ0v) is 17.3. The van der Waals surface area contributed by atoms with Gasteiger partial charge in [0.2, 0.25) is 11.8 Å². The Balaban J connectivity index is 1.43. The molecule has 0 radical (unpaired) electrons. The summed E-state index contributed by atoms with van der Waals surface area (Å²) in [5.74, 6) is -0.483. The van der Waals surface area contributed by atoms with E-state index in [4.69, 9.17) is 0 Å². The van der Waals surface area contributed by atoms with Crippen molar-refractivity contribution < 1.29 is 14.0 Å². The number of halogens is 1. The van der Waals surface area contributed by atoms with Gasteiger partial charge in [0, 0.05) is 46.2 Å². The largest absolute Gasteiger partial charge is 0.340 e. The Morgan fingerprint density at radius 1 is 1.00 bits per heavy atom. The Kier molecular flexibility index (Phi) is 6.13. The first-order valence-electron chi connectivity index (χ1n) is 10.6. The van der Waals surface area contributed by atoms with Gasteiger partial charge in [0.05, 0.1) is 12.0 Å². The van der Waals surface area contributed by atoms with Crippen molar-refractivity contribution in [3.05, 3.63) is 71.5 Å². The number of rotatable bonds is 4. The summed E-state index contributed by atoms with van der Waals surface area (Å²) < 4.78 is 13.4. The lowest BCUT2D eigenvalue weighted by Crippen LogP contribution is -2.53. The summed E-state index contributed by atoms with van der Waals surface area (Å²) in [5.41, 5.74) is 2.09. The third-order valence-corrected chi connectivity index (χ3v) is 6.32. The van der Waals surface area contributed by atoms with Crippen LogP contribution in [0.15, 0.2) is 54.6 Å². The molecular weight excluding hydrogens is 381 g/mol. The minimum atomic E-state index is -0.346. The van der Waals surface area contributed by atoms with E-state index in [0.29, 0.717) is 25.9 Å². The third-order valence-electron chi connectivity index (χ3n) is 6.32. The van der Waals surface area contributed by atoms with Crippen molar-refractivity contribution in [3.63, 3.8) is 0 Å². The van der Waals surface area contributed by atoms with Gasteiger partial charge >= 0.3 is 0 Å². The first kappa shape index (κ1) is 20.5. The van der Waals surface area contributed by atoms with Crippen LogP contribution < -0.4 is 0 Å². The molecule has 0 bridgehead atoms. The van der Waals surface area contributed by atoms with Crippen molar-refractivity contribution in [2.75, 3.05) is 33.2 Å². The molecule has 0 saturated carbocycles. The minimum Gasteiger partial charge on any atom is -0.340 e. The fourth-order valence-corrected chi connectivity index (χ4v) is 4.62. The monoisotopic (exact) mass is 409 g/mol. The van der Waals surface area contributed by atoms with Crippen LogP contribution in [0.25, 0.3) is 0 Å². The van der Waals surface area contributed by atoms with Gasteiger partial charge in [-0.05, 0) is 29.7 Å². The Hall–Kier alpha value is -2.73.